The van der Waals surface area contributed by atoms with E-state index in [0.717, 1.165) is 23.1 Å². The van der Waals surface area contributed by atoms with Gasteiger partial charge in [0.15, 0.2) is 0 Å². The number of hydrogen-bond donors (Lipinski definition) is 1. The number of benzene rings is 1. The molecule has 68 valence electrons. The molecule has 0 saturated carbocycles. The summed E-state index contributed by atoms with van der Waals surface area (Å²) >= 11 is 0. The number of rotatable bonds is 2. The van der Waals surface area contributed by atoms with Gasteiger partial charge in [-0.2, -0.15) is 5.26 Å². The molecule has 1 N–H and O–H groups in total. The van der Waals surface area contributed by atoms with E-state index >= 15 is 0 Å². The van der Waals surface area contributed by atoms with Crippen LogP contribution in [0.25, 0.3) is 0 Å². The van der Waals surface area contributed by atoms with Crippen LogP contribution in [-0.4, -0.2) is 5.11 Å². The lowest BCUT2D eigenvalue weighted by Crippen LogP contribution is -1.90. The number of nitriles is 1. The third kappa shape index (κ3) is 2.22. The second-order valence-corrected chi connectivity index (χ2v) is 3.22. The van der Waals surface area contributed by atoms with E-state index in [2.05, 4.69) is 6.07 Å². The maximum atomic E-state index is 9.38. The second-order valence-electron chi connectivity index (χ2n) is 3.22. The van der Waals surface area contributed by atoms with Gasteiger partial charge >= 0.3 is 0 Å². The highest BCUT2D eigenvalue weighted by Crippen LogP contribution is 2.21. The number of aryl methyl sites for hydroxylation is 3. The molecule has 0 saturated heterocycles. The summed E-state index contributed by atoms with van der Waals surface area (Å²) in [6.07, 6.45) is 1.30. The number of phenolic OH excluding ortho intramolecular Hbond substituents is 1. The van der Waals surface area contributed by atoms with Crippen molar-refractivity contribution in [3.63, 3.8) is 0 Å². The van der Waals surface area contributed by atoms with Gasteiger partial charge in [-0.25, -0.2) is 0 Å². The molecule has 0 spiro atoms. The van der Waals surface area contributed by atoms with E-state index in [4.69, 9.17) is 5.26 Å². The monoisotopic (exact) mass is 175 g/mol. The first-order valence-corrected chi connectivity index (χ1v) is 4.31. The molecule has 0 amide bonds. The summed E-state index contributed by atoms with van der Waals surface area (Å²) in [5.74, 6) is 0.332. The Morgan fingerprint density at radius 1 is 1.31 bits per heavy atom. The van der Waals surface area contributed by atoms with Crippen molar-refractivity contribution in [2.45, 2.75) is 26.7 Å². The Hall–Kier alpha value is -1.49. The highest BCUT2D eigenvalue weighted by Gasteiger charge is 2.02. The molecule has 0 aromatic heterocycles. The Kier molecular flexibility index (Phi) is 2.92. The van der Waals surface area contributed by atoms with Crippen molar-refractivity contribution in [2.24, 2.45) is 0 Å². The number of hydrogen-bond acceptors (Lipinski definition) is 2. The van der Waals surface area contributed by atoms with Crippen LogP contribution in [0.2, 0.25) is 0 Å². The van der Waals surface area contributed by atoms with Crippen molar-refractivity contribution in [1.29, 1.82) is 5.26 Å². The molecule has 1 aromatic rings. The lowest BCUT2D eigenvalue weighted by Gasteiger charge is -2.06. The average molecular weight is 175 g/mol. The zero-order valence-electron chi connectivity index (χ0n) is 7.96. The van der Waals surface area contributed by atoms with Crippen LogP contribution < -0.4 is 0 Å². The number of aromatic hydroxyl groups is 1. The van der Waals surface area contributed by atoms with Crippen LogP contribution in [0.15, 0.2) is 12.1 Å². The van der Waals surface area contributed by atoms with Crippen LogP contribution in [0, 0.1) is 25.2 Å². The zero-order chi connectivity index (χ0) is 9.84. The summed E-state index contributed by atoms with van der Waals surface area (Å²) in [4.78, 5) is 0. The predicted octanol–water partition coefficient (Wildman–Crippen LogP) is 2.47. The lowest BCUT2D eigenvalue weighted by atomic mass is 10.0. The molecule has 2 heteroatoms. The molecule has 0 bridgehead atoms. The fourth-order valence-corrected chi connectivity index (χ4v) is 1.32. The topological polar surface area (TPSA) is 44.0 Å². The van der Waals surface area contributed by atoms with Crippen molar-refractivity contribution in [3.8, 4) is 11.8 Å². The minimum absolute atomic E-state index is 0.332. The van der Waals surface area contributed by atoms with Gasteiger partial charge in [0, 0.05) is 6.42 Å². The van der Waals surface area contributed by atoms with Crippen molar-refractivity contribution < 1.29 is 5.11 Å². The molecule has 1 rings (SSSR count). The second kappa shape index (κ2) is 3.95. The highest BCUT2D eigenvalue weighted by atomic mass is 16.3. The zero-order valence-corrected chi connectivity index (χ0v) is 7.96. The van der Waals surface area contributed by atoms with E-state index in [-0.39, 0.29) is 0 Å². The Bertz CT molecular complexity index is 350. The maximum Gasteiger partial charge on any atom is 0.118 e. The van der Waals surface area contributed by atoms with Gasteiger partial charge in [-0.15, -0.1) is 0 Å². The van der Waals surface area contributed by atoms with E-state index < -0.39 is 0 Å². The summed E-state index contributed by atoms with van der Waals surface area (Å²) in [7, 11) is 0. The predicted molar refractivity (Wildman–Crippen MR) is 51.5 cm³/mol. The van der Waals surface area contributed by atoms with E-state index in [1.54, 1.807) is 6.07 Å². The van der Waals surface area contributed by atoms with E-state index in [1.165, 1.54) is 0 Å². The molecule has 2 nitrogen and oxygen atoms in total. The van der Waals surface area contributed by atoms with Gasteiger partial charge in [0.1, 0.15) is 5.75 Å². The molecular formula is C11H13NO. The maximum absolute atomic E-state index is 9.38. The first kappa shape index (κ1) is 9.60. The Morgan fingerprint density at radius 2 is 2.00 bits per heavy atom. The molecule has 0 radical (unpaired) electrons. The average Bonchev–Trinajstić information content (AvgIpc) is 2.09. The van der Waals surface area contributed by atoms with Crippen molar-refractivity contribution >= 4 is 0 Å². The standard InChI is InChI=1S/C11H13NO/c1-8-7-11(13)9(2)6-10(8)4-3-5-12/h6-7,13H,3-4H2,1-2H3. The summed E-state index contributed by atoms with van der Waals surface area (Å²) in [6.45, 7) is 3.82. The van der Waals surface area contributed by atoms with Gasteiger partial charge in [-0.05, 0) is 43.0 Å². The van der Waals surface area contributed by atoms with Gasteiger partial charge < -0.3 is 5.11 Å². The van der Waals surface area contributed by atoms with Gasteiger partial charge in [0.25, 0.3) is 0 Å². The summed E-state index contributed by atoms with van der Waals surface area (Å²) in [5, 5.41) is 17.8. The van der Waals surface area contributed by atoms with Crippen LogP contribution in [0.3, 0.4) is 0 Å². The Balaban J connectivity index is 2.96. The van der Waals surface area contributed by atoms with Crippen molar-refractivity contribution in [1.82, 2.24) is 0 Å². The SMILES string of the molecule is Cc1cc(CCC#N)c(C)cc1O. The molecule has 0 unspecified atom stereocenters. The molecular weight excluding hydrogens is 162 g/mol. The van der Waals surface area contributed by atoms with E-state index in [0.29, 0.717) is 12.2 Å². The van der Waals surface area contributed by atoms with Crippen LogP contribution >= 0.6 is 0 Å². The summed E-state index contributed by atoms with van der Waals surface area (Å²) in [6, 6.07) is 5.81. The van der Waals surface area contributed by atoms with Crippen LogP contribution in [-0.2, 0) is 6.42 Å². The minimum Gasteiger partial charge on any atom is -0.508 e. The highest BCUT2D eigenvalue weighted by molar-refractivity contribution is 5.40. The van der Waals surface area contributed by atoms with Gasteiger partial charge in [0.05, 0.1) is 6.07 Å². The Morgan fingerprint density at radius 3 is 2.62 bits per heavy atom. The minimum atomic E-state index is 0.332. The third-order valence-electron chi connectivity index (χ3n) is 2.16. The van der Waals surface area contributed by atoms with Gasteiger partial charge in [-0.1, -0.05) is 6.07 Å². The smallest absolute Gasteiger partial charge is 0.118 e. The molecule has 0 aliphatic rings. The molecule has 0 heterocycles. The van der Waals surface area contributed by atoms with Gasteiger partial charge in [0.2, 0.25) is 0 Å². The summed E-state index contributed by atoms with van der Waals surface area (Å²) < 4.78 is 0. The number of phenols is 1. The van der Waals surface area contributed by atoms with Gasteiger partial charge in [-0.3, -0.25) is 0 Å². The lowest BCUT2D eigenvalue weighted by molar-refractivity contribution is 0.470. The first-order valence-electron chi connectivity index (χ1n) is 4.31. The molecule has 0 aliphatic heterocycles. The third-order valence-corrected chi connectivity index (χ3v) is 2.16. The van der Waals surface area contributed by atoms with Crippen LogP contribution in [0.4, 0.5) is 0 Å². The summed E-state index contributed by atoms with van der Waals surface area (Å²) in [5.41, 5.74) is 3.08. The molecule has 1 aromatic carbocycles. The van der Waals surface area contributed by atoms with E-state index in [1.807, 2.05) is 19.9 Å². The normalized spacial score (nSPS) is 9.62. The van der Waals surface area contributed by atoms with Crippen LogP contribution in [0.5, 0.6) is 5.75 Å². The molecule has 0 fully saturated rings. The molecule has 13 heavy (non-hydrogen) atoms. The quantitative estimate of drug-likeness (QED) is 0.750. The van der Waals surface area contributed by atoms with Crippen molar-refractivity contribution in [2.75, 3.05) is 0 Å². The number of nitrogens with zero attached hydrogens (tertiary/aromatic N) is 1. The van der Waals surface area contributed by atoms with E-state index in [9.17, 15) is 5.11 Å². The Labute approximate surface area is 78.4 Å². The van der Waals surface area contributed by atoms with Crippen LogP contribution in [0.1, 0.15) is 23.1 Å². The first-order chi connectivity index (χ1) is 6.15. The fourth-order valence-electron chi connectivity index (χ4n) is 1.32. The van der Waals surface area contributed by atoms with Crippen molar-refractivity contribution in [3.05, 3.63) is 28.8 Å². The largest absolute Gasteiger partial charge is 0.508 e. The fraction of sp³-hybridized carbons (Fsp3) is 0.364. The molecule has 0 aliphatic carbocycles. The molecule has 0 atom stereocenters.